The van der Waals surface area contributed by atoms with Crippen molar-refractivity contribution in [2.75, 3.05) is 18.2 Å². The molecule has 0 aliphatic carbocycles. The van der Waals surface area contributed by atoms with Crippen LogP contribution >= 0.6 is 0 Å². The van der Waals surface area contributed by atoms with Crippen LogP contribution in [0.15, 0.2) is 83.9 Å². The third-order valence-electron chi connectivity index (χ3n) is 4.84. The number of nitrogens with zero attached hydrogens (tertiary/aromatic N) is 1. The standard InChI is InChI=1S/C24H20FN3O4S/c1-32-20-13-7-16(8-14-20)22-24(28-23(27-22)17-5-3-2-4-6-17)33(30,31)15-21(29)26-19-11-9-18(25)10-12-19/h2-14H,15H2,1H3,(H,26,29)(H,27,28). The van der Waals surface area contributed by atoms with Crippen molar-refractivity contribution in [2.24, 2.45) is 0 Å². The van der Waals surface area contributed by atoms with Gasteiger partial charge in [0.2, 0.25) is 15.7 Å². The van der Waals surface area contributed by atoms with Crippen LogP contribution in [0.4, 0.5) is 10.1 Å². The minimum Gasteiger partial charge on any atom is -0.497 e. The first-order valence-corrected chi connectivity index (χ1v) is 11.6. The Bertz CT molecular complexity index is 1370. The number of imidazole rings is 1. The van der Waals surface area contributed by atoms with Crippen molar-refractivity contribution in [1.82, 2.24) is 9.97 Å². The van der Waals surface area contributed by atoms with Crippen molar-refractivity contribution < 1.29 is 22.3 Å². The number of aromatic amines is 1. The van der Waals surface area contributed by atoms with Gasteiger partial charge in [0, 0.05) is 16.8 Å². The average Bonchev–Trinajstić information content (AvgIpc) is 3.28. The van der Waals surface area contributed by atoms with Gasteiger partial charge in [0.1, 0.15) is 28.8 Å². The summed E-state index contributed by atoms with van der Waals surface area (Å²) in [5.74, 6) is -1.06. The van der Waals surface area contributed by atoms with Crippen molar-refractivity contribution in [3.8, 4) is 28.4 Å². The number of H-pyrrole nitrogens is 1. The van der Waals surface area contributed by atoms with Crippen LogP contribution in [0.1, 0.15) is 0 Å². The first-order valence-electron chi connectivity index (χ1n) is 9.94. The Morgan fingerprint density at radius 2 is 1.64 bits per heavy atom. The maximum absolute atomic E-state index is 13.2. The molecule has 4 aromatic rings. The van der Waals surface area contributed by atoms with Gasteiger partial charge in [-0.1, -0.05) is 30.3 Å². The van der Waals surface area contributed by atoms with Crippen molar-refractivity contribution in [3.63, 3.8) is 0 Å². The molecule has 168 valence electrons. The zero-order valence-corrected chi connectivity index (χ0v) is 18.4. The highest BCUT2D eigenvalue weighted by atomic mass is 32.2. The van der Waals surface area contributed by atoms with E-state index in [1.807, 2.05) is 18.2 Å². The van der Waals surface area contributed by atoms with E-state index >= 15 is 0 Å². The summed E-state index contributed by atoms with van der Waals surface area (Å²) in [6.45, 7) is 0. The van der Waals surface area contributed by atoms with Crippen molar-refractivity contribution in [2.45, 2.75) is 5.03 Å². The summed E-state index contributed by atoms with van der Waals surface area (Å²) in [5.41, 5.74) is 1.74. The zero-order chi connectivity index (χ0) is 23.4. The predicted octanol–water partition coefficient (Wildman–Crippen LogP) is 4.30. The highest BCUT2D eigenvalue weighted by Crippen LogP contribution is 2.31. The molecule has 0 atom stereocenters. The molecular weight excluding hydrogens is 445 g/mol. The first-order chi connectivity index (χ1) is 15.9. The summed E-state index contributed by atoms with van der Waals surface area (Å²) in [6, 6.07) is 20.9. The summed E-state index contributed by atoms with van der Waals surface area (Å²) >= 11 is 0. The molecule has 7 nitrogen and oxygen atoms in total. The van der Waals surface area contributed by atoms with Crippen LogP contribution in [-0.2, 0) is 14.6 Å². The van der Waals surface area contributed by atoms with Crippen molar-refractivity contribution in [1.29, 1.82) is 0 Å². The molecule has 0 unspecified atom stereocenters. The van der Waals surface area contributed by atoms with E-state index in [-0.39, 0.29) is 10.7 Å². The molecule has 4 rings (SSSR count). The lowest BCUT2D eigenvalue weighted by atomic mass is 10.1. The molecule has 0 bridgehead atoms. The van der Waals surface area contributed by atoms with Gasteiger partial charge in [-0.25, -0.2) is 17.8 Å². The van der Waals surface area contributed by atoms with E-state index in [1.165, 1.54) is 31.4 Å². The average molecular weight is 466 g/mol. The minimum atomic E-state index is -4.10. The third-order valence-corrected chi connectivity index (χ3v) is 6.40. The van der Waals surface area contributed by atoms with Gasteiger partial charge in [-0.3, -0.25) is 4.79 Å². The maximum atomic E-state index is 13.2. The fraction of sp³-hybridized carbons (Fsp3) is 0.0833. The summed E-state index contributed by atoms with van der Waals surface area (Å²) in [4.78, 5) is 19.9. The topological polar surface area (TPSA) is 101 Å². The van der Waals surface area contributed by atoms with Crippen LogP contribution in [0, 0.1) is 5.82 Å². The van der Waals surface area contributed by atoms with Gasteiger partial charge >= 0.3 is 0 Å². The number of benzene rings is 3. The van der Waals surface area contributed by atoms with Crippen LogP contribution in [0.25, 0.3) is 22.6 Å². The number of halogens is 1. The Kier molecular flexibility index (Phi) is 6.23. The van der Waals surface area contributed by atoms with Gasteiger partial charge in [-0.05, 0) is 48.5 Å². The monoisotopic (exact) mass is 465 g/mol. The zero-order valence-electron chi connectivity index (χ0n) is 17.6. The van der Waals surface area contributed by atoms with Gasteiger partial charge in [-0.15, -0.1) is 0 Å². The van der Waals surface area contributed by atoms with Crippen LogP contribution in [0.3, 0.4) is 0 Å². The number of hydrogen-bond donors (Lipinski definition) is 2. The second-order valence-corrected chi connectivity index (χ2v) is 9.10. The number of aromatic nitrogens is 2. The Labute approximate surface area is 190 Å². The molecule has 33 heavy (non-hydrogen) atoms. The number of amides is 1. The van der Waals surface area contributed by atoms with E-state index in [0.29, 0.717) is 28.4 Å². The lowest BCUT2D eigenvalue weighted by Gasteiger charge is -2.07. The number of rotatable bonds is 7. The molecule has 0 aliphatic heterocycles. The van der Waals surface area contributed by atoms with E-state index in [0.717, 1.165) is 0 Å². The van der Waals surface area contributed by atoms with E-state index in [9.17, 15) is 17.6 Å². The smallest absolute Gasteiger partial charge is 0.240 e. The van der Waals surface area contributed by atoms with E-state index in [4.69, 9.17) is 4.74 Å². The molecule has 1 heterocycles. The van der Waals surface area contributed by atoms with Crippen LogP contribution in [0.2, 0.25) is 0 Å². The summed E-state index contributed by atoms with van der Waals surface area (Å²) < 4.78 is 44.7. The second-order valence-electron chi connectivity index (χ2n) is 7.17. The maximum Gasteiger partial charge on any atom is 0.240 e. The molecule has 0 saturated carbocycles. The number of carbonyl (C=O) groups is 1. The lowest BCUT2D eigenvalue weighted by molar-refractivity contribution is -0.113. The first kappa shape index (κ1) is 22.2. The Hall–Kier alpha value is -3.98. The highest BCUT2D eigenvalue weighted by Gasteiger charge is 2.27. The third kappa shape index (κ3) is 5.09. The number of anilines is 1. The quantitative estimate of drug-likeness (QED) is 0.424. The number of hydrogen-bond acceptors (Lipinski definition) is 5. The molecule has 0 fully saturated rings. The molecule has 9 heteroatoms. The van der Waals surface area contributed by atoms with Crippen LogP contribution in [0.5, 0.6) is 5.75 Å². The Morgan fingerprint density at radius 1 is 0.970 bits per heavy atom. The normalized spacial score (nSPS) is 11.2. The van der Waals surface area contributed by atoms with Gasteiger partial charge in [0.25, 0.3) is 0 Å². The number of nitrogens with one attached hydrogen (secondary N) is 2. The lowest BCUT2D eigenvalue weighted by Crippen LogP contribution is -2.23. The number of methoxy groups -OCH3 is 1. The Balaban J connectivity index is 1.69. The van der Waals surface area contributed by atoms with Crippen LogP contribution < -0.4 is 10.1 Å². The Morgan fingerprint density at radius 3 is 2.27 bits per heavy atom. The fourth-order valence-electron chi connectivity index (χ4n) is 3.23. The summed E-state index contributed by atoms with van der Waals surface area (Å²) in [7, 11) is -2.57. The van der Waals surface area contributed by atoms with Crippen molar-refractivity contribution in [3.05, 3.63) is 84.7 Å². The fourth-order valence-corrected chi connectivity index (χ4v) is 4.51. The van der Waals surface area contributed by atoms with E-state index in [2.05, 4.69) is 15.3 Å². The molecule has 0 saturated heterocycles. The minimum absolute atomic E-state index is 0.166. The molecule has 0 spiro atoms. The van der Waals surface area contributed by atoms with Crippen LogP contribution in [-0.4, -0.2) is 37.2 Å². The number of carbonyl (C=O) groups excluding carboxylic acids is 1. The van der Waals surface area contributed by atoms with E-state index in [1.54, 1.807) is 36.4 Å². The molecule has 1 aromatic heterocycles. The number of sulfone groups is 1. The summed E-state index contributed by atoms with van der Waals surface area (Å²) in [6.07, 6.45) is 0. The molecule has 2 N–H and O–H groups in total. The molecule has 1 amide bonds. The molecular formula is C24H20FN3O4S. The number of ether oxygens (including phenoxy) is 1. The van der Waals surface area contributed by atoms with Gasteiger partial charge in [0.05, 0.1) is 7.11 Å². The largest absolute Gasteiger partial charge is 0.497 e. The van der Waals surface area contributed by atoms with Gasteiger partial charge < -0.3 is 15.0 Å². The summed E-state index contributed by atoms with van der Waals surface area (Å²) in [5, 5.41) is 2.31. The van der Waals surface area contributed by atoms with Gasteiger partial charge in [-0.2, -0.15) is 0 Å². The predicted molar refractivity (Wildman–Crippen MR) is 123 cm³/mol. The van der Waals surface area contributed by atoms with Crippen molar-refractivity contribution >= 4 is 21.4 Å². The molecule has 3 aromatic carbocycles. The SMILES string of the molecule is COc1ccc(-c2nc(-c3ccccc3)[nH]c2S(=O)(=O)CC(=O)Nc2ccc(F)cc2)cc1. The van der Waals surface area contributed by atoms with E-state index < -0.39 is 27.3 Å². The second kappa shape index (κ2) is 9.25. The molecule has 0 radical (unpaired) electrons. The molecule has 0 aliphatic rings. The van der Waals surface area contributed by atoms with Gasteiger partial charge in [0.15, 0.2) is 5.03 Å². The highest BCUT2D eigenvalue weighted by molar-refractivity contribution is 7.92.